The quantitative estimate of drug-likeness (QED) is 0.585. The first-order chi connectivity index (χ1) is 14.6. The molecule has 5 rings (SSSR count). The fourth-order valence-corrected chi connectivity index (χ4v) is 4.51. The van der Waals surface area contributed by atoms with Crippen molar-refractivity contribution in [3.8, 4) is 11.5 Å². The number of ether oxygens (including phenoxy) is 3. The number of hydrogen-bond acceptors (Lipinski definition) is 4. The second kappa shape index (κ2) is 7.06. The van der Waals surface area contributed by atoms with E-state index >= 15 is 0 Å². The van der Waals surface area contributed by atoms with Crippen molar-refractivity contribution in [2.24, 2.45) is 0 Å². The van der Waals surface area contributed by atoms with Crippen LogP contribution in [-0.4, -0.2) is 19.9 Å². The van der Waals surface area contributed by atoms with Crippen molar-refractivity contribution in [2.45, 2.75) is 18.8 Å². The fraction of sp³-hybridized carbons (Fsp3) is 0.192. The van der Waals surface area contributed by atoms with Crippen molar-refractivity contribution in [2.75, 3.05) is 13.9 Å². The molecule has 1 aliphatic heterocycles. The summed E-state index contributed by atoms with van der Waals surface area (Å²) >= 11 is 0. The molecule has 1 unspecified atom stereocenters. The molecule has 0 N–H and O–H groups in total. The lowest BCUT2D eigenvalue weighted by atomic mass is 9.70. The van der Waals surface area contributed by atoms with Gasteiger partial charge in [-0.05, 0) is 59.4 Å². The van der Waals surface area contributed by atoms with E-state index in [-0.39, 0.29) is 12.8 Å². The minimum Gasteiger partial charge on any atom is -0.468 e. The zero-order valence-electron chi connectivity index (χ0n) is 17.0. The zero-order valence-corrected chi connectivity index (χ0v) is 17.0. The van der Waals surface area contributed by atoms with E-state index in [2.05, 4.69) is 37.3 Å². The molecule has 1 heterocycles. The highest BCUT2D eigenvalue weighted by atomic mass is 16.7. The summed E-state index contributed by atoms with van der Waals surface area (Å²) in [5.74, 6) is 1.17. The third-order valence-corrected chi connectivity index (χ3v) is 5.98. The first-order valence-electron chi connectivity index (χ1n) is 9.97. The van der Waals surface area contributed by atoms with Gasteiger partial charge in [0.1, 0.15) is 5.41 Å². The second-order valence-electron chi connectivity index (χ2n) is 7.77. The molecule has 150 valence electrons. The summed E-state index contributed by atoms with van der Waals surface area (Å²) in [5.41, 5.74) is 5.20. The monoisotopic (exact) mass is 398 g/mol. The number of aryl methyl sites for hydroxylation is 1. The maximum absolute atomic E-state index is 13.5. The predicted octanol–water partition coefficient (Wildman–Crippen LogP) is 4.93. The van der Waals surface area contributed by atoms with Gasteiger partial charge in [0.25, 0.3) is 0 Å². The maximum atomic E-state index is 13.5. The Morgan fingerprint density at radius 3 is 2.57 bits per heavy atom. The number of esters is 1. The molecule has 4 nitrogen and oxygen atoms in total. The van der Waals surface area contributed by atoms with Gasteiger partial charge in [0, 0.05) is 0 Å². The van der Waals surface area contributed by atoms with Crippen LogP contribution in [0.25, 0.3) is 11.6 Å². The molecule has 0 amide bonds. The van der Waals surface area contributed by atoms with Crippen LogP contribution >= 0.6 is 0 Å². The highest BCUT2D eigenvalue weighted by molar-refractivity contribution is 6.09. The number of hydrogen-bond donors (Lipinski definition) is 0. The van der Waals surface area contributed by atoms with Crippen molar-refractivity contribution in [1.82, 2.24) is 0 Å². The Bertz CT molecular complexity index is 1160. The molecule has 2 aliphatic rings. The minimum atomic E-state index is -0.936. The Morgan fingerprint density at radius 1 is 1.00 bits per heavy atom. The number of fused-ring (bicyclic) bond motifs is 2. The molecular formula is C26H22O4. The zero-order chi connectivity index (χ0) is 20.7. The lowest BCUT2D eigenvalue weighted by Gasteiger charge is -2.32. The molecular weight excluding hydrogens is 376 g/mol. The molecule has 4 heteroatoms. The van der Waals surface area contributed by atoms with E-state index in [0.29, 0.717) is 12.2 Å². The van der Waals surface area contributed by atoms with Crippen LogP contribution in [0.15, 0.2) is 66.7 Å². The van der Waals surface area contributed by atoms with Crippen LogP contribution in [0.4, 0.5) is 0 Å². The standard InChI is InChI=1S/C26H22O4/c1-17-7-10-19(11-8-17)22-14-20-5-3-4-6-21(20)26(22,25(27)28-2)15-18-9-12-23-24(13-18)30-16-29-23/h3-14H,15-16H2,1-2H3. The Labute approximate surface area is 175 Å². The average molecular weight is 398 g/mol. The normalized spacial score (nSPS) is 18.7. The van der Waals surface area contributed by atoms with Gasteiger partial charge < -0.3 is 14.2 Å². The molecule has 1 atom stereocenters. The number of benzene rings is 3. The van der Waals surface area contributed by atoms with E-state index in [1.165, 1.54) is 12.7 Å². The molecule has 0 saturated heterocycles. The van der Waals surface area contributed by atoms with Gasteiger partial charge in [-0.25, -0.2) is 0 Å². The molecule has 30 heavy (non-hydrogen) atoms. The number of carbonyl (C=O) groups is 1. The second-order valence-corrected chi connectivity index (χ2v) is 7.77. The van der Waals surface area contributed by atoms with Crippen molar-refractivity contribution in [3.05, 3.63) is 94.5 Å². The number of carbonyl (C=O) groups excluding carboxylic acids is 1. The van der Waals surface area contributed by atoms with Crippen LogP contribution < -0.4 is 9.47 Å². The molecule has 0 radical (unpaired) electrons. The van der Waals surface area contributed by atoms with Gasteiger partial charge in [0.05, 0.1) is 7.11 Å². The van der Waals surface area contributed by atoms with E-state index < -0.39 is 5.41 Å². The molecule has 3 aromatic rings. The first kappa shape index (κ1) is 18.5. The lowest BCUT2D eigenvalue weighted by Crippen LogP contribution is -2.39. The Balaban J connectivity index is 1.69. The minimum absolute atomic E-state index is 0.221. The first-order valence-corrected chi connectivity index (χ1v) is 9.97. The van der Waals surface area contributed by atoms with Crippen LogP contribution in [0.3, 0.4) is 0 Å². The van der Waals surface area contributed by atoms with E-state index in [9.17, 15) is 4.79 Å². The third-order valence-electron chi connectivity index (χ3n) is 5.98. The van der Waals surface area contributed by atoms with E-state index in [0.717, 1.165) is 33.6 Å². The summed E-state index contributed by atoms with van der Waals surface area (Å²) in [6.45, 7) is 2.28. The van der Waals surface area contributed by atoms with Crippen LogP contribution in [0.2, 0.25) is 0 Å². The fourth-order valence-electron chi connectivity index (χ4n) is 4.51. The van der Waals surface area contributed by atoms with Gasteiger partial charge in [-0.3, -0.25) is 4.79 Å². The van der Waals surface area contributed by atoms with Crippen LogP contribution in [0.1, 0.15) is 27.8 Å². The van der Waals surface area contributed by atoms with Gasteiger partial charge in [-0.15, -0.1) is 0 Å². The number of methoxy groups -OCH3 is 1. The molecule has 0 spiro atoms. The largest absolute Gasteiger partial charge is 0.468 e. The molecule has 0 saturated carbocycles. The highest BCUT2D eigenvalue weighted by Gasteiger charge is 2.49. The SMILES string of the molecule is COC(=O)C1(Cc2ccc3c(c2)OCO3)C(c2ccc(C)cc2)=Cc2ccccc21. The summed E-state index contributed by atoms with van der Waals surface area (Å²) < 4.78 is 16.4. The Morgan fingerprint density at radius 2 is 1.77 bits per heavy atom. The van der Waals surface area contributed by atoms with Crippen molar-refractivity contribution >= 4 is 17.6 Å². The topological polar surface area (TPSA) is 44.8 Å². The van der Waals surface area contributed by atoms with Gasteiger partial charge >= 0.3 is 5.97 Å². The molecule has 0 fully saturated rings. The lowest BCUT2D eigenvalue weighted by molar-refractivity contribution is -0.145. The molecule has 3 aromatic carbocycles. The number of rotatable bonds is 4. The highest BCUT2D eigenvalue weighted by Crippen LogP contribution is 2.50. The Hall–Kier alpha value is -3.53. The molecule has 0 bridgehead atoms. The van der Waals surface area contributed by atoms with E-state index in [1.54, 1.807) is 0 Å². The summed E-state index contributed by atoms with van der Waals surface area (Å²) in [6, 6.07) is 22.2. The predicted molar refractivity (Wildman–Crippen MR) is 115 cm³/mol. The van der Waals surface area contributed by atoms with Crippen molar-refractivity contribution < 1.29 is 19.0 Å². The summed E-state index contributed by atoms with van der Waals surface area (Å²) in [4.78, 5) is 13.5. The average Bonchev–Trinajstić information content (AvgIpc) is 3.37. The van der Waals surface area contributed by atoms with Gasteiger partial charge in [-0.2, -0.15) is 0 Å². The molecule has 1 aliphatic carbocycles. The molecule has 0 aromatic heterocycles. The van der Waals surface area contributed by atoms with Crippen molar-refractivity contribution in [3.63, 3.8) is 0 Å². The van der Waals surface area contributed by atoms with Gasteiger partial charge in [0.2, 0.25) is 6.79 Å². The van der Waals surface area contributed by atoms with E-state index in [1.807, 2.05) is 42.5 Å². The summed E-state index contributed by atoms with van der Waals surface area (Å²) in [7, 11) is 1.46. The van der Waals surface area contributed by atoms with Crippen LogP contribution in [0, 0.1) is 6.92 Å². The maximum Gasteiger partial charge on any atom is 0.321 e. The van der Waals surface area contributed by atoms with Crippen LogP contribution in [0.5, 0.6) is 11.5 Å². The third kappa shape index (κ3) is 2.79. The van der Waals surface area contributed by atoms with Crippen molar-refractivity contribution in [1.29, 1.82) is 0 Å². The summed E-state index contributed by atoms with van der Waals surface area (Å²) in [6.07, 6.45) is 2.58. The smallest absolute Gasteiger partial charge is 0.321 e. The van der Waals surface area contributed by atoms with Crippen LogP contribution in [-0.2, 0) is 21.4 Å². The Kier molecular flexibility index (Phi) is 4.35. The van der Waals surface area contributed by atoms with Gasteiger partial charge in [-0.1, -0.05) is 60.2 Å². The van der Waals surface area contributed by atoms with E-state index in [4.69, 9.17) is 14.2 Å². The summed E-state index contributed by atoms with van der Waals surface area (Å²) in [5, 5.41) is 0. The van der Waals surface area contributed by atoms with Gasteiger partial charge in [0.15, 0.2) is 11.5 Å².